The van der Waals surface area contributed by atoms with Gasteiger partial charge in [-0.3, -0.25) is 0 Å². The van der Waals surface area contributed by atoms with E-state index in [-0.39, 0.29) is 6.29 Å². The molecule has 0 spiro atoms. The van der Waals surface area contributed by atoms with Gasteiger partial charge < -0.3 is 14.6 Å². The molecule has 0 aliphatic carbocycles. The summed E-state index contributed by atoms with van der Waals surface area (Å²) in [4.78, 5) is 0. The first-order chi connectivity index (χ1) is 8.15. The standard InChI is InChI=1S/C13H24O3S/c1-15-12(16-2)6-7-13(14)8-10-4-3-5-11(9-13)17-10/h10-12,14H,3-9H2,1-2H3. The molecule has 0 aromatic carbocycles. The number of aliphatic hydroxyl groups is 1. The van der Waals surface area contributed by atoms with Crippen LogP contribution in [0.3, 0.4) is 0 Å². The Bertz CT molecular complexity index is 231. The number of hydrogen-bond donors (Lipinski definition) is 1. The second kappa shape index (κ2) is 5.91. The number of methoxy groups -OCH3 is 2. The summed E-state index contributed by atoms with van der Waals surface area (Å²) in [7, 11) is 3.31. The van der Waals surface area contributed by atoms with Crippen molar-refractivity contribution in [3.8, 4) is 0 Å². The SMILES string of the molecule is COC(CCC1(O)CC2CCCC(C1)S2)OC. The summed E-state index contributed by atoms with van der Waals surface area (Å²) in [6.45, 7) is 0. The summed E-state index contributed by atoms with van der Waals surface area (Å²) >= 11 is 2.10. The lowest BCUT2D eigenvalue weighted by Gasteiger charge is -2.44. The first-order valence-electron chi connectivity index (χ1n) is 6.58. The predicted octanol–water partition coefficient (Wildman–Crippen LogP) is 2.56. The lowest BCUT2D eigenvalue weighted by molar-refractivity contribution is -0.119. The van der Waals surface area contributed by atoms with Gasteiger partial charge in [-0.1, -0.05) is 6.42 Å². The molecule has 2 unspecified atom stereocenters. The second-order valence-corrected chi connectivity index (χ2v) is 6.99. The van der Waals surface area contributed by atoms with Gasteiger partial charge in [0.2, 0.25) is 0 Å². The molecule has 0 amide bonds. The maximum atomic E-state index is 10.7. The lowest BCUT2D eigenvalue weighted by atomic mass is 9.82. The summed E-state index contributed by atoms with van der Waals surface area (Å²) in [5.41, 5.74) is -0.476. The van der Waals surface area contributed by atoms with Crippen molar-refractivity contribution in [1.82, 2.24) is 0 Å². The van der Waals surface area contributed by atoms with E-state index in [0.717, 1.165) is 25.7 Å². The fraction of sp³-hybridized carbons (Fsp3) is 1.00. The Kier molecular flexibility index (Phi) is 4.75. The molecular formula is C13H24O3S. The Morgan fingerprint density at radius 3 is 2.35 bits per heavy atom. The molecule has 2 rings (SSSR count). The smallest absolute Gasteiger partial charge is 0.156 e. The number of fused-ring (bicyclic) bond motifs is 2. The number of hydrogen-bond acceptors (Lipinski definition) is 4. The molecule has 2 aliphatic rings. The van der Waals surface area contributed by atoms with Crippen molar-refractivity contribution in [1.29, 1.82) is 0 Å². The Balaban J connectivity index is 1.86. The van der Waals surface area contributed by atoms with E-state index in [1.165, 1.54) is 19.3 Å². The molecule has 2 bridgehead atoms. The summed E-state index contributed by atoms with van der Waals surface area (Å²) in [6.07, 6.45) is 7.22. The zero-order valence-corrected chi connectivity index (χ0v) is 11.7. The van der Waals surface area contributed by atoms with Gasteiger partial charge in [-0.2, -0.15) is 11.8 Å². The zero-order chi connectivity index (χ0) is 12.3. The van der Waals surface area contributed by atoms with Gasteiger partial charge in [-0.15, -0.1) is 0 Å². The minimum Gasteiger partial charge on any atom is -0.390 e. The molecule has 4 heteroatoms. The Labute approximate surface area is 108 Å². The average Bonchev–Trinajstić information content (AvgIpc) is 2.29. The van der Waals surface area contributed by atoms with Crippen LogP contribution in [0.25, 0.3) is 0 Å². The van der Waals surface area contributed by atoms with E-state index >= 15 is 0 Å². The average molecular weight is 260 g/mol. The van der Waals surface area contributed by atoms with Gasteiger partial charge in [0, 0.05) is 31.1 Å². The van der Waals surface area contributed by atoms with Crippen molar-refractivity contribution >= 4 is 11.8 Å². The minimum absolute atomic E-state index is 0.173. The molecule has 17 heavy (non-hydrogen) atoms. The van der Waals surface area contributed by atoms with Crippen molar-refractivity contribution in [3.63, 3.8) is 0 Å². The fourth-order valence-corrected chi connectivity index (χ4v) is 5.10. The van der Waals surface area contributed by atoms with Crippen LogP contribution in [-0.4, -0.2) is 41.7 Å². The van der Waals surface area contributed by atoms with E-state index in [2.05, 4.69) is 11.8 Å². The Hall–Kier alpha value is 0.230. The van der Waals surface area contributed by atoms with E-state index in [1.807, 2.05) is 0 Å². The molecule has 2 saturated heterocycles. The summed E-state index contributed by atoms with van der Waals surface area (Å²) in [6, 6.07) is 0. The van der Waals surface area contributed by atoms with Crippen LogP contribution in [0.2, 0.25) is 0 Å². The zero-order valence-electron chi connectivity index (χ0n) is 10.9. The molecule has 3 nitrogen and oxygen atoms in total. The van der Waals surface area contributed by atoms with Gasteiger partial charge in [0.1, 0.15) is 0 Å². The van der Waals surface area contributed by atoms with E-state index in [9.17, 15) is 5.11 Å². The fourth-order valence-electron chi connectivity index (χ4n) is 3.14. The molecule has 0 aromatic rings. The van der Waals surface area contributed by atoms with Crippen LogP contribution >= 0.6 is 11.8 Å². The number of ether oxygens (including phenoxy) is 2. The third kappa shape index (κ3) is 3.60. The monoisotopic (exact) mass is 260 g/mol. The molecule has 0 radical (unpaired) electrons. The van der Waals surface area contributed by atoms with Crippen LogP contribution in [0, 0.1) is 0 Å². The van der Waals surface area contributed by atoms with E-state index < -0.39 is 5.60 Å². The third-order valence-electron chi connectivity index (χ3n) is 4.02. The Morgan fingerprint density at radius 1 is 1.24 bits per heavy atom. The van der Waals surface area contributed by atoms with Crippen molar-refractivity contribution in [2.45, 2.75) is 67.3 Å². The van der Waals surface area contributed by atoms with Crippen molar-refractivity contribution in [3.05, 3.63) is 0 Å². The maximum Gasteiger partial charge on any atom is 0.156 e. The number of thioether (sulfide) groups is 1. The van der Waals surface area contributed by atoms with E-state index in [0.29, 0.717) is 10.5 Å². The molecule has 2 aliphatic heterocycles. The topological polar surface area (TPSA) is 38.7 Å². The quantitative estimate of drug-likeness (QED) is 0.771. The summed E-state index contributed by atoms with van der Waals surface area (Å²) < 4.78 is 10.4. The molecule has 100 valence electrons. The van der Waals surface area contributed by atoms with Gasteiger partial charge >= 0.3 is 0 Å². The normalized spacial score (nSPS) is 37.4. The minimum atomic E-state index is -0.476. The summed E-state index contributed by atoms with van der Waals surface area (Å²) in [5, 5.41) is 12.0. The molecule has 1 N–H and O–H groups in total. The lowest BCUT2D eigenvalue weighted by Crippen LogP contribution is -2.43. The van der Waals surface area contributed by atoms with Gasteiger partial charge in [0.25, 0.3) is 0 Å². The largest absolute Gasteiger partial charge is 0.390 e. The third-order valence-corrected chi connectivity index (χ3v) is 5.60. The van der Waals surface area contributed by atoms with Crippen molar-refractivity contribution in [2.24, 2.45) is 0 Å². The first-order valence-corrected chi connectivity index (χ1v) is 7.53. The van der Waals surface area contributed by atoms with Crippen LogP contribution < -0.4 is 0 Å². The Morgan fingerprint density at radius 2 is 1.82 bits per heavy atom. The highest BCUT2D eigenvalue weighted by Crippen LogP contribution is 2.47. The van der Waals surface area contributed by atoms with Crippen LogP contribution in [-0.2, 0) is 9.47 Å². The maximum absolute atomic E-state index is 10.7. The highest BCUT2D eigenvalue weighted by molar-refractivity contribution is 8.00. The van der Waals surface area contributed by atoms with Crippen LogP contribution in [0.4, 0.5) is 0 Å². The highest BCUT2D eigenvalue weighted by Gasteiger charge is 2.41. The molecular weight excluding hydrogens is 236 g/mol. The van der Waals surface area contributed by atoms with Crippen LogP contribution in [0.15, 0.2) is 0 Å². The van der Waals surface area contributed by atoms with Gasteiger partial charge in [0.05, 0.1) is 5.60 Å². The molecule has 2 fully saturated rings. The molecule has 2 heterocycles. The van der Waals surface area contributed by atoms with Gasteiger partial charge in [-0.25, -0.2) is 0 Å². The molecule has 0 saturated carbocycles. The number of rotatable bonds is 5. The van der Waals surface area contributed by atoms with Gasteiger partial charge in [0.15, 0.2) is 6.29 Å². The van der Waals surface area contributed by atoms with E-state index in [1.54, 1.807) is 14.2 Å². The summed E-state index contributed by atoms with van der Waals surface area (Å²) in [5.74, 6) is 0. The van der Waals surface area contributed by atoms with E-state index in [4.69, 9.17) is 9.47 Å². The molecule has 2 atom stereocenters. The van der Waals surface area contributed by atoms with Crippen molar-refractivity contribution < 1.29 is 14.6 Å². The van der Waals surface area contributed by atoms with Crippen molar-refractivity contribution in [2.75, 3.05) is 14.2 Å². The second-order valence-electron chi connectivity index (χ2n) is 5.38. The molecule has 0 aromatic heterocycles. The van der Waals surface area contributed by atoms with Crippen LogP contribution in [0.1, 0.15) is 44.9 Å². The highest BCUT2D eigenvalue weighted by atomic mass is 32.2. The first kappa shape index (κ1) is 13.7. The predicted molar refractivity (Wildman–Crippen MR) is 70.2 cm³/mol. The van der Waals surface area contributed by atoms with Crippen LogP contribution in [0.5, 0.6) is 0 Å². The van der Waals surface area contributed by atoms with Gasteiger partial charge in [-0.05, 0) is 32.1 Å².